The fraction of sp³-hybridized carbons (Fsp3) is 0.0476. The molecule has 6 N–H and O–H groups in total. The van der Waals surface area contributed by atoms with Crippen LogP contribution in [0.1, 0.15) is 16.8 Å². The maximum atomic E-state index is 9.83. The number of nitrogens with two attached hydrogens (primary N) is 1. The van der Waals surface area contributed by atoms with Crippen LogP contribution in [-0.4, -0.2) is 20.8 Å². The van der Waals surface area contributed by atoms with E-state index in [-0.39, 0.29) is 11.6 Å². The first-order valence-corrected chi connectivity index (χ1v) is 10.1. The van der Waals surface area contributed by atoms with Crippen LogP contribution in [0.5, 0.6) is 11.6 Å². The predicted octanol–water partition coefficient (Wildman–Crippen LogP) is 3.28. The summed E-state index contributed by atoms with van der Waals surface area (Å²) in [6.07, 6.45) is 8.07. The standard InChI is InChI=1S/C21H18N4O3S2/c1-11-2-3-14(22)17(6-11)27-4-5-28-18-8-12-7-13(30-19(12)10-15(18)23)9-16-20(26)25-21(29)24-16/h2-10,23,26H,22H2,1H3,(H2,24,25,29). The van der Waals surface area contributed by atoms with Crippen molar-refractivity contribution in [1.82, 2.24) is 9.97 Å². The van der Waals surface area contributed by atoms with E-state index in [1.54, 1.807) is 24.3 Å². The highest BCUT2D eigenvalue weighted by molar-refractivity contribution is 7.71. The number of hydrogen-bond acceptors (Lipinski definition) is 7. The van der Waals surface area contributed by atoms with Gasteiger partial charge in [0.2, 0.25) is 5.88 Å². The highest BCUT2D eigenvalue weighted by Gasteiger charge is 2.12. The van der Waals surface area contributed by atoms with Gasteiger partial charge in [0.1, 0.15) is 24.0 Å². The Balaban J connectivity index is 1.52. The first-order chi connectivity index (χ1) is 14.4. The summed E-state index contributed by atoms with van der Waals surface area (Å²) in [5.74, 6) is 0.927. The Morgan fingerprint density at radius 3 is 2.73 bits per heavy atom. The second-order valence-corrected chi connectivity index (χ2v) is 8.09. The molecule has 2 heterocycles. The van der Waals surface area contributed by atoms with E-state index in [1.807, 2.05) is 25.1 Å². The van der Waals surface area contributed by atoms with Gasteiger partial charge >= 0.3 is 0 Å². The molecule has 0 fully saturated rings. The predicted molar refractivity (Wildman–Crippen MR) is 121 cm³/mol. The van der Waals surface area contributed by atoms with Gasteiger partial charge in [-0.2, -0.15) is 0 Å². The molecule has 4 rings (SSSR count). The number of aryl methyl sites for hydroxylation is 1. The fourth-order valence-corrected chi connectivity index (χ4v) is 4.07. The van der Waals surface area contributed by atoms with Crippen molar-refractivity contribution in [2.75, 3.05) is 5.73 Å². The average molecular weight is 439 g/mol. The Morgan fingerprint density at radius 1 is 1.17 bits per heavy atom. The molecule has 0 saturated heterocycles. The van der Waals surface area contributed by atoms with Crippen LogP contribution in [0.25, 0.3) is 18.2 Å². The molecular weight excluding hydrogens is 420 g/mol. The summed E-state index contributed by atoms with van der Waals surface area (Å²) in [5, 5.41) is 18.0. The molecule has 0 aliphatic heterocycles. The van der Waals surface area contributed by atoms with E-state index in [9.17, 15) is 5.11 Å². The normalized spacial score (nSPS) is 13.8. The number of nitrogens with one attached hydrogen (secondary N) is 3. The molecule has 152 valence electrons. The van der Waals surface area contributed by atoms with Crippen molar-refractivity contribution in [3.05, 3.63) is 73.2 Å². The van der Waals surface area contributed by atoms with Gasteiger partial charge in [-0.1, -0.05) is 6.07 Å². The summed E-state index contributed by atoms with van der Waals surface area (Å²) < 4.78 is 13.3. The van der Waals surface area contributed by atoms with Crippen molar-refractivity contribution in [2.24, 2.45) is 0 Å². The molecule has 0 amide bonds. The Morgan fingerprint density at radius 2 is 1.97 bits per heavy atom. The first kappa shape index (κ1) is 19.7. The third-order valence-electron chi connectivity index (χ3n) is 4.27. The highest BCUT2D eigenvalue weighted by atomic mass is 32.1. The quantitative estimate of drug-likeness (QED) is 0.238. The minimum absolute atomic E-state index is 0.0120. The van der Waals surface area contributed by atoms with E-state index in [0.717, 1.165) is 20.2 Å². The van der Waals surface area contributed by atoms with Gasteiger partial charge in [0.05, 0.1) is 11.4 Å². The molecular formula is C21H18N4O3S2. The van der Waals surface area contributed by atoms with Gasteiger partial charge < -0.3 is 30.3 Å². The molecule has 2 aromatic heterocycles. The van der Waals surface area contributed by atoms with Crippen LogP contribution < -0.4 is 19.5 Å². The lowest BCUT2D eigenvalue weighted by atomic mass is 10.1. The second-order valence-electron chi connectivity index (χ2n) is 6.57. The van der Waals surface area contributed by atoms with E-state index in [4.69, 9.17) is 32.8 Å². The number of ether oxygens (including phenoxy) is 2. The molecule has 0 radical (unpaired) electrons. The zero-order valence-electron chi connectivity index (χ0n) is 15.9. The Kier molecular flexibility index (Phi) is 5.30. The summed E-state index contributed by atoms with van der Waals surface area (Å²) in [5.41, 5.74) is 9.12. The maximum Gasteiger partial charge on any atom is 0.215 e. The van der Waals surface area contributed by atoms with Crippen molar-refractivity contribution < 1.29 is 14.6 Å². The lowest BCUT2D eigenvalue weighted by molar-refractivity contribution is 0.356. The molecule has 9 heteroatoms. The number of aromatic amines is 2. The number of fused-ring (bicyclic) bond motifs is 1. The summed E-state index contributed by atoms with van der Waals surface area (Å²) in [7, 11) is 0. The minimum Gasteiger partial charge on any atom is -0.493 e. The van der Waals surface area contributed by atoms with Crippen LogP contribution in [0.2, 0.25) is 0 Å². The monoisotopic (exact) mass is 438 g/mol. The van der Waals surface area contributed by atoms with Gasteiger partial charge in [-0.3, -0.25) is 5.41 Å². The van der Waals surface area contributed by atoms with Crippen molar-refractivity contribution >= 4 is 53.2 Å². The Bertz CT molecular complexity index is 1380. The molecule has 0 saturated carbocycles. The largest absolute Gasteiger partial charge is 0.493 e. The average Bonchev–Trinajstić information content (AvgIpc) is 3.22. The number of aromatic hydroxyl groups is 1. The molecule has 0 bridgehead atoms. The van der Waals surface area contributed by atoms with Crippen molar-refractivity contribution in [2.45, 2.75) is 6.92 Å². The number of benzene rings is 1. The van der Waals surface area contributed by atoms with Gasteiger partial charge in [0.25, 0.3) is 0 Å². The zero-order valence-corrected chi connectivity index (χ0v) is 17.5. The molecule has 1 aromatic carbocycles. The maximum absolute atomic E-state index is 9.83. The van der Waals surface area contributed by atoms with Gasteiger partial charge in [-0.05, 0) is 66.7 Å². The zero-order chi connectivity index (χ0) is 21.3. The van der Waals surface area contributed by atoms with Crippen LogP contribution in [0.15, 0.2) is 42.5 Å². The number of thiophene rings is 1. The number of rotatable bonds is 5. The number of aromatic nitrogens is 2. The van der Waals surface area contributed by atoms with Crippen molar-refractivity contribution in [1.29, 1.82) is 5.41 Å². The molecule has 0 atom stereocenters. The topological polar surface area (TPSA) is 120 Å². The van der Waals surface area contributed by atoms with Crippen LogP contribution in [-0.2, 0) is 4.74 Å². The molecule has 30 heavy (non-hydrogen) atoms. The number of allylic oxidation sites excluding steroid dienone is 1. The van der Waals surface area contributed by atoms with Gasteiger partial charge in [0.15, 0.2) is 10.5 Å². The van der Waals surface area contributed by atoms with E-state index in [0.29, 0.717) is 27.7 Å². The minimum atomic E-state index is -0.0120. The summed E-state index contributed by atoms with van der Waals surface area (Å²) in [6.45, 7) is 1.95. The van der Waals surface area contributed by atoms with E-state index < -0.39 is 0 Å². The fourth-order valence-electron chi connectivity index (χ4n) is 2.84. The van der Waals surface area contributed by atoms with E-state index in [1.165, 1.54) is 23.9 Å². The van der Waals surface area contributed by atoms with Gasteiger partial charge in [-0.25, -0.2) is 0 Å². The van der Waals surface area contributed by atoms with Crippen LogP contribution >= 0.6 is 23.6 Å². The third kappa shape index (κ3) is 4.22. The number of anilines is 1. The molecule has 0 spiro atoms. The number of imidazole rings is 1. The Labute approximate surface area is 180 Å². The molecule has 3 aromatic rings. The second kappa shape index (κ2) is 8.05. The molecule has 1 aliphatic rings. The lowest BCUT2D eigenvalue weighted by Crippen LogP contribution is -2.11. The van der Waals surface area contributed by atoms with Crippen molar-refractivity contribution in [3.8, 4) is 11.6 Å². The summed E-state index contributed by atoms with van der Waals surface area (Å²) in [4.78, 5) is 5.52. The third-order valence-corrected chi connectivity index (χ3v) is 5.52. The number of nitrogen functional groups attached to an aromatic ring is 1. The van der Waals surface area contributed by atoms with Crippen LogP contribution in [0.3, 0.4) is 0 Å². The van der Waals surface area contributed by atoms with E-state index in [2.05, 4.69) is 9.97 Å². The van der Waals surface area contributed by atoms with Crippen LogP contribution in [0.4, 0.5) is 5.69 Å². The van der Waals surface area contributed by atoms with Crippen molar-refractivity contribution in [3.63, 3.8) is 0 Å². The Hall–Kier alpha value is -3.56. The summed E-state index contributed by atoms with van der Waals surface area (Å²) in [6, 6.07) is 7.46. The lowest BCUT2D eigenvalue weighted by Gasteiger charge is -2.09. The number of hydrogen-bond donors (Lipinski definition) is 5. The SMILES string of the molecule is Cc1ccc(N)c(OC=COC2=Cc3cc(=Cc4[nH]c(=S)[nH]c4O)sc3=CC2=N)c1. The molecule has 7 nitrogen and oxygen atoms in total. The summed E-state index contributed by atoms with van der Waals surface area (Å²) >= 11 is 6.47. The van der Waals surface area contributed by atoms with Gasteiger partial charge in [-0.15, -0.1) is 11.3 Å². The number of H-pyrrole nitrogens is 2. The molecule has 1 aliphatic carbocycles. The van der Waals surface area contributed by atoms with Gasteiger partial charge in [0, 0.05) is 9.06 Å². The first-order valence-electron chi connectivity index (χ1n) is 8.89. The smallest absolute Gasteiger partial charge is 0.215 e. The van der Waals surface area contributed by atoms with Crippen LogP contribution in [0, 0.1) is 17.1 Å². The molecule has 0 unspecified atom stereocenters. The highest BCUT2D eigenvalue weighted by Crippen LogP contribution is 2.22. The van der Waals surface area contributed by atoms with E-state index >= 15 is 0 Å².